The number of carbonyl (C=O) groups is 1. The predicted octanol–water partition coefficient (Wildman–Crippen LogP) is 4.10. The first-order chi connectivity index (χ1) is 12.1. The fourth-order valence-corrected chi connectivity index (χ4v) is 3.00. The fraction of sp³-hybridized carbons (Fsp3) is 0.190. The number of aromatic hydroxyl groups is 1. The highest BCUT2D eigenvalue weighted by Gasteiger charge is 2.15. The highest BCUT2D eigenvalue weighted by molar-refractivity contribution is 5.86. The number of aliphatic carboxylic acids is 1. The molecule has 1 fully saturated rings. The smallest absolute Gasteiger partial charge is 0.328 e. The fourth-order valence-electron chi connectivity index (χ4n) is 3.00. The summed E-state index contributed by atoms with van der Waals surface area (Å²) in [5.41, 5.74) is 5.48. The molecule has 0 spiro atoms. The van der Waals surface area contributed by atoms with Gasteiger partial charge in [-0.05, 0) is 53.3 Å². The second kappa shape index (κ2) is 7.81. The van der Waals surface area contributed by atoms with Crippen LogP contribution in [0.15, 0.2) is 60.2 Å². The van der Waals surface area contributed by atoms with Crippen LogP contribution in [0, 0.1) is 0 Å². The lowest BCUT2D eigenvalue weighted by Gasteiger charge is -2.21. The summed E-state index contributed by atoms with van der Waals surface area (Å²) in [7, 11) is 0. The molecule has 4 heteroatoms. The van der Waals surface area contributed by atoms with E-state index in [1.807, 2.05) is 36.4 Å². The number of phenolic OH excluding ortho intramolecular Hbond substituents is 1. The van der Waals surface area contributed by atoms with Crippen molar-refractivity contribution >= 4 is 17.6 Å². The van der Waals surface area contributed by atoms with Crippen molar-refractivity contribution in [1.82, 2.24) is 0 Å². The summed E-state index contributed by atoms with van der Waals surface area (Å²) in [5.74, 6) is -0.715. The average Bonchev–Trinajstić information content (AvgIpc) is 2.64. The van der Waals surface area contributed by atoms with Gasteiger partial charge in [0.2, 0.25) is 0 Å². The van der Waals surface area contributed by atoms with Gasteiger partial charge >= 0.3 is 5.97 Å². The van der Waals surface area contributed by atoms with Crippen LogP contribution >= 0.6 is 0 Å². The van der Waals surface area contributed by atoms with Crippen molar-refractivity contribution in [3.8, 4) is 5.75 Å². The lowest BCUT2D eigenvalue weighted by molar-refractivity contribution is -0.131. The van der Waals surface area contributed by atoms with Crippen LogP contribution in [0.5, 0.6) is 5.75 Å². The van der Waals surface area contributed by atoms with Crippen LogP contribution in [0.25, 0.3) is 11.6 Å². The van der Waals surface area contributed by atoms with Crippen molar-refractivity contribution in [2.75, 3.05) is 13.2 Å². The summed E-state index contributed by atoms with van der Waals surface area (Å²) in [4.78, 5) is 10.6. The highest BCUT2D eigenvalue weighted by atomic mass is 16.5. The van der Waals surface area contributed by atoms with Crippen LogP contribution < -0.4 is 0 Å². The van der Waals surface area contributed by atoms with Crippen LogP contribution in [-0.2, 0) is 9.53 Å². The minimum atomic E-state index is -0.960. The molecule has 0 bridgehead atoms. The van der Waals surface area contributed by atoms with Gasteiger partial charge in [0.05, 0.1) is 13.2 Å². The minimum absolute atomic E-state index is 0.245. The number of hydrogen-bond donors (Lipinski definition) is 2. The molecule has 1 aliphatic rings. The first-order valence-corrected chi connectivity index (χ1v) is 8.24. The lowest BCUT2D eigenvalue weighted by Crippen LogP contribution is -2.09. The average molecular weight is 336 g/mol. The maximum atomic E-state index is 10.6. The summed E-state index contributed by atoms with van der Waals surface area (Å²) in [6.07, 6.45) is 4.48. The van der Waals surface area contributed by atoms with E-state index < -0.39 is 5.97 Å². The molecule has 25 heavy (non-hydrogen) atoms. The third kappa shape index (κ3) is 4.37. The summed E-state index contributed by atoms with van der Waals surface area (Å²) < 4.78 is 5.48. The Morgan fingerprint density at radius 1 is 0.920 bits per heavy atom. The Morgan fingerprint density at radius 3 is 2.04 bits per heavy atom. The maximum absolute atomic E-state index is 10.6. The number of phenols is 1. The molecule has 1 aliphatic heterocycles. The topological polar surface area (TPSA) is 66.8 Å². The number of rotatable bonds is 4. The first-order valence-electron chi connectivity index (χ1n) is 8.24. The normalized spacial score (nSPS) is 14.6. The zero-order valence-corrected chi connectivity index (χ0v) is 13.8. The largest absolute Gasteiger partial charge is 0.508 e. The summed E-state index contributed by atoms with van der Waals surface area (Å²) in [6, 6.07) is 15.1. The molecule has 1 saturated heterocycles. The Balaban J connectivity index is 2.00. The van der Waals surface area contributed by atoms with Crippen LogP contribution in [0.2, 0.25) is 0 Å². The first kappa shape index (κ1) is 17.0. The van der Waals surface area contributed by atoms with Crippen LogP contribution in [0.4, 0.5) is 0 Å². The molecular weight excluding hydrogens is 316 g/mol. The van der Waals surface area contributed by atoms with Gasteiger partial charge in [0.15, 0.2) is 0 Å². The summed E-state index contributed by atoms with van der Waals surface area (Å²) >= 11 is 0. The molecule has 4 nitrogen and oxygen atoms in total. The monoisotopic (exact) mass is 336 g/mol. The Morgan fingerprint density at radius 2 is 1.48 bits per heavy atom. The van der Waals surface area contributed by atoms with E-state index in [1.165, 1.54) is 5.57 Å². The van der Waals surface area contributed by atoms with Crippen LogP contribution in [0.3, 0.4) is 0 Å². The van der Waals surface area contributed by atoms with Gasteiger partial charge in [0, 0.05) is 6.08 Å². The highest BCUT2D eigenvalue weighted by Crippen LogP contribution is 2.32. The van der Waals surface area contributed by atoms with E-state index in [1.54, 1.807) is 18.2 Å². The van der Waals surface area contributed by atoms with E-state index in [0.29, 0.717) is 0 Å². The van der Waals surface area contributed by atoms with Crippen molar-refractivity contribution in [3.05, 3.63) is 76.9 Å². The van der Waals surface area contributed by atoms with Crippen molar-refractivity contribution in [2.45, 2.75) is 12.8 Å². The SMILES string of the molecule is O=C(O)C=Cc1ccc(C(=C2CCOCC2)c2ccc(O)cc2)cc1. The number of carboxylic acids is 1. The maximum Gasteiger partial charge on any atom is 0.328 e. The Bertz CT molecular complexity index is 791. The van der Waals surface area contributed by atoms with Gasteiger partial charge in [-0.3, -0.25) is 0 Å². The second-order valence-electron chi connectivity index (χ2n) is 5.93. The molecule has 2 aromatic carbocycles. The number of carboxylic acid groups (broad SMARTS) is 1. The predicted molar refractivity (Wildman–Crippen MR) is 97.3 cm³/mol. The molecule has 0 unspecified atom stereocenters. The van der Waals surface area contributed by atoms with Crippen molar-refractivity contribution in [1.29, 1.82) is 0 Å². The number of hydrogen-bond acceptors (Lipinski definition) is 3. The van der Waals surface area contributed by atoms with Gasteiger partial charge in [-0.1, -0.05) is 42.0 Å². The molecule has 2 N–H and O–H groups in total. The third-order valence-corrected chi connectivity index (χ3v) is 4.22. The van der Waals surface area contributed by atoms with E-state index in [-0.39, 0.29) is 5.75 Å². The molecule has 3 rings (SSSR count). The van der Waals surface area contributed by atoms with Gasteiger partial charge in [-0.25, -0.2) is 4.79 Å². The third-order valence-electron chi connectivity index (χ3n) is 4.22. The molecule has 2 aromatic rings. The van der Waals surface area contributed by atoms with Gasteiger partial charge < -0.3 is 14.9 Å². The Kier molecular flexibility index (Phi) is 5.31. The van der Waals surface area contributed by atoms with Gasteiger partial charge in [0.25, 0.3) is 0 Å². The molecule has 0 saturated carbocycles. The van der Waals surface area contributed by atoms with E-state index in [0.717, 1.165) is 54.4 Å². The Hall–Kier alpha value is -2.85. The molecule has 0 aromatic heterocycles. The van der Waals surface area contributed by atoms with Gasteiger partial charge in [-0.15, -0.1) is 0 Å². The quantitative estimate of drug-likeness (QED) is 0.825. The van der Waals surface area contributed by atoms with E-state index in [9.17, 15) is 9.90 Å². The minimum Gasteiger partial charge on any atom is -0.508 e. The molecule has 0 amide bonds. The number of benzene rings is 2. The Labute approximate surface area is 146 Å². The van der Waals surface area contributed by atoms with Crippen LogP contribution in [-0.4, -0.2) is 29.4 Å². The molecule has 1 heterocycles. The van der Waals surface area contributed by atoms with Gasteiger partial charge in [0.1, 0.15) is 5.75 Å². The second-order valence-corrected chi connectivity index (χ2v) is 5.93. The van der Waals surface area contributed by atoms with E-state index in [2.05, 4.69) is 0 Å². The molecule has 0 radical (unpaired) electrons. The molecular formula is C21H20O4. The van der Waals surface area contributed by atoms with Crippen molar-refractivity contribution in [2.24, 2.45) is 0 Å². The zero-order valence-electron chi connectivity index (χ0n) is 13.8. The van der Waals surface area contributed by atoms with Gasteiger partial charge in [-0.2, -0.15) is 0 Å². The molecule has 128 valence electrons. The van der Waals surface area contributed by atoms with Crippen LogP contribution in [0.1, 0.15) is 29.5 Å². The standard InChI is InChI=1S/C21H20O4/c22-19-8-6-17(7-9-19)21(18-11-13-25-14-12-18)16-4-1-15(2-5-16)3-10-20(23)24/h1-10,22H,11-14H2,(H,23,24). The van der Waals surface area contributed by atoms with E-state index >= 15 is 0 Å². The van der Waals surface area contributed by atoms with Crippen molar-refractivity contribution < 1.29 is 19.7 Å². The zero-order chi connectivity index (χ0) is 17.6. The number of ether oxygens (including phenoxy) is 1. The molecule has 0 atom stereocenters. The summed E-state index contributed by atoms with van der Waals surface area (Å²) in [6.45, 7) is 1.44. The van der Waals surface area contributed by atoms with E-state index in [4.69, 9.17) is 9.84 Å². The summed E-state index contributed by atoms with van der Waals surface area (Å²) in [5, 5.41) is 18.3. The lowest BCUT2D eigenvalue weighted by atomic mass is 9.89. The molecule has 0 aliphatic carbocycles. The van der Waals surface area contributed by atoms with Crippen molar-refractivity contribution in [3.63, 3.8) is 0 Å².